The average molecular weight is 633 g/mol. The Balaban J connectivity index is 1.93. The molecule has 8 bridgehead atoms. The van der Waals surface area contributed by atoms with E-state index in [1.54, 1.807) is 68.4 Å². The molecule has 0 radical (unpaired) electrons. The van der Waals surface area contributed by atoms with Crippen molar-refractivity contribution in [2.75, 3.05) is 13.2 Å². The van der Waals surface area contributed by atoms with Crippen molar-refractivity contribution in [3.05, 3.63) is 104 Å². The number of esters is 2. The molecule has 0 atom stereocenters. The minimum absolute atomic E-state index is 0.0561. The van der Waals surface area contributed by atoms with E-state index in [4.69, 9.17) is 9.47 Å². The summed E-state index contributed by atoms with van der Waals surface area (Å²) in [4.78, 5) is 54.3. The van der Waals surface area contributed by atoms with Crippen molar-refractivity contribution in [2.45, 2.75) is 13.8 Å². The van der Waals surface area contributed by atoms with Crippen molar-refractivity contribution in [3.63, 3.8) is 0 Å². The Kier molecular flexibility index (Phi) is 8.83. The summed E-state index contributed by atoms with van der Waals surface area (Å²) in [5, 5.41) is 23.7. The molecule has 8 aromatic rings. The van der Waals surface area contributed by atoms with E-state index in [9.17, 15) is 29.8 Å². The third-order valence-corrected chi connectivity index (χ3v) is 8.43. The number of hydrogen-bond acceptors (Lipinski definition) is 10. The van der Waals surface area contributed by atoms with E-state index in [1.165, 1.54) is 34.8 Å². The number of H-pyrrole nitrogens is 2. The van der Waals surface area contributed by atoms with Gasteiger partial charge in [0.1, 0.15) is 11.0 Å². The largest absolute Gasteiger partial charge is 0.462 e. The smallest absolute Gasteiger partial charge is 0.339 e. The molecule has 224 valence electrons. The molecule has 12 nitrogen and oxygen atoms in total. The lowest BCUT2D eigenvalue weighted by molar-refractivity contribution is -0.392. The number of nitrogens with one attached hydrogen (secondary N) is 2. The molecule has 0 spiro atoms. The van der Waals surface area contributed by atoms with Crippen LogP contribution in [0.25, 0.3) is 40.9 Å². The van der Waals surface area contributed by atoms with E-state index in [-0.39, 0.29) is 35.4 Å². The monoisotopic (exact) mass is 632 g/mol. The van der Waals surface area contributed by atoms with Crippen LogP contribution in [0.5, 0.6) is 0 Å². The summed E-state index contributed by atoms with van der Waals surface area (Å²) < 4.78 is 13.1. The highest BCUT2D eigenvalue weighted by atomic mass is 32.1. The normalized spacial score (nSPS) is 10.8. The van der Waals surface area contributed by atoms with Crippen LogP contribution in [0.2, 0.25) is 0 Å². The second kappa shape index (κ2) is 12.9. The number of nitro groups is 2. The topological polar surface area (TPSA) is 170 Å². The summed E-state index contributed by atoms with van der Waals surface area (Å²) in [6.07, 6.45) is 0. The first-order valence-corrected chi connectivity index (χ1v) is 14.9. The van der Waals surface area contributed by atoms with Gasteiger partial charge in [-0.05, 0) is 80.6 Å². The molecule has 4 aromatic heterocycles. The molecular formula is C30H24N4O8S2. The second-order valence-corrected chi connectivity index (χ2v) is 11.4. The third-order valence-electron chi connectivity index (χ3n) is 6.30. The lowest BCUT2D eigenvalue weighted by Gasteiger charge is -2.08. The van der Waals surface area contributed by atoms with Gasteiger partial charge in [0.2, 0.25) is 0 Å². The Morgan fingerprint density at radius 3 is 1.43 bits per heavy atom. The van der Waals surface area contributed by atoms with Gasteiger partial charge in [-0.15, -0.1) is 22.7 Å². The number of carbonyl (C=O) groups excluding carboxylic acids is 2. The number of benzene rings is 4. The number of ether oxygens (including phenoxy) is 2. The molecule has 0 aliphatic carbocycles. The number of aromatic nitrogens is 2. The standard InChI is InChI=1S/C30H24N4O8S2/c1-3-41-29(35)21-13-22(30(36)42-4-2)28-16-27(21)43-19-9-5-17(6-10-19)31-23-14-24(26(34(39)40)15-25(23)33(37)38)32-18-7-11-20(44-28)12-8-18/h5-16,31-32H,3-4H2,1-2H3. The van der Waals surface area contributed by atoms with Gasteiger partial charge in [0, 0.05) is 29.8 Å². The number of nitrogens with zero attached hydrogens (tertiary/aromatic N) is 2. The molecule has 0 saturated carbocycles. The van der Waals surface area contributed by atoms with Crippen molar-refractivity contribution in [3.8, 4) is 0 Å². The third kappa shape index (κ3) is 6.50. The van der Waals surface area contributed by atoms with E-state index >= 15 is 0 Å². The van der Waals surface area contributed by atoms with Gasteiger partial charge >= 0.3 is 11.9 Å². The lowest BCUT2D eigenvalue weighted by atomic mass is 10.1. The first-order chi connectivity index (χ1) is 21.2. The van der Waals surface area contributed by atoms with Crippen LogP contribution in [-0.2, 0) is 9.47 Å². The van der Waals surface area contributed by atoms with Crippen LogP contribution in [0.1, 0.15) is 34.6 Å². The zero-order valence-corrected chi connectivity index (χ0v) is 25.0. The predicted molar refractivity (Wildman–Crippen MR) is 170 cm³/mol. The SMILES string of the molecule is CCOC(=O)c1cc(C(=O)OCC)c2cc1sc1ccc(cc1)[nH]c1cc([nH]c3ccc(cc3)s2)c([N+](=O)[O-])cc1[N+](=O)[O-]. The van der Waals surface area contributed by atoms with Crippen LogP contribution in [0, 0.1) is 20.2 Å². The highest BCUT2D eigenvalue weighted by Gasteiger charge is 2.21. The summed E-state index contributed by atoms with van der Waals surface area (Å²) in [7, 11) is 0. The molecule has 8 rings (SSSR count). The zero-order valence-electron chi connectivity index (χ0n) is 23.3. The van der Waals surface area contributed by atoms with Crippen LogP contribution in [0.15, 0.2) is 72.8 Å². The Hall–Kier alpha value is -5.34. The number of carbonyl (C=O) groups is 2. The lowest BCUT2D eigenvalue weighted by Crippen LogP contribution is -2.09. The summed E-state index contributed by atoms with van der Waals surface area (Å²) in [6, 6.07) is 19.2. The van der Waals surface area contributed by atoms with Gasteiger partial charge in [-0.1, -0.05) is 0 Å². The maximum absolute atomic E-state index is 13.0. The average Bonchev–Trinajstić information content (AvgIpc) is 2.99. The second-order valence-electron chi connectivity index (χ2n) is 9.19. The van der Waals surface area contributed by atoms with Gasteiger partial charge in [0.25, 0.3) is 11.4 Å². The highest BCUT2D eigenvalue weighted by Crippen LogP contribution is 2.31. The predicted octanol–water partition coefficient (Wildman–Crippen LogP) is 8.06. The van der Waals surface area contributed by atoms with Crippen molar-refractivity contribution in [1.29, 1.82) is 0 Å². The van der Waals surface area contributed by atoms with Crippen LogP contribution in [0.3, 0.4) is 0 Å². The van der Waals surface area contributed by atoms with E-state index in [0.717, 1.165) is 15.5 Å². The molecule has 0 fully saturated rings. The molecule has 2 N–H and O–H groups in total. The van der Waals surface area contributed by atoms with E-state index in [2.05, 4.69) is 9.97 Å². The number of aromatic amines is 2. The Labute approximate surface area is 256 Å². The fraction of sp³-hybridized carbons (Fsp3) is 0.133. The first kappa shape index (κ1) is 30.1. The van der Waals surface area contributed by atoms with Crippen LogP contribution >= 0.6 is 22.7 Å². The number of nitro benzene ring substituents is 2. The maximum atomic E-state index is 13.0. The fourth-order valence-corrected chi connectivity index (χ4v) is 6.31. The fourth-order valence-electron chi connectivity index (χ4n) is 4.32. The minimum atomic E-state index is -0.685. The Morgan fingerprint density at radius 2 is 1.07 bits per heavy atom. The first-order valence-electron chi connectivity index (χ1n) is 13.3. The molecule has 4 heterocycles. The number of hydrogen-bond donors (Lipinski definition) is 2. The van der Waals surface area contributed by atoms with Crippen LogP contribution in [0.4, 0.5) is 11.4 Å². The summed E-state index contributed by atoms with van der Waals surface area (Å²) >= 11 is 2.56. The molecule has 0 aliphatic heterocycles. The van der Waals surface area contributed by atoms with Crippen molar-refractivity contribution >= 4 is 86.9 Å². The van der Waals surface area contributed by atoms with Gasteiger partial charge in [-0.2, -0.15) is 0 Å². The Bertz CT molecular complexity index is 1940. The molecule has 14 heteroatoms. The summed E-state index contributed by atoms with van der Waals surface area (Å²) in [5.41, 5.74) is 0.569. The zero-order chi connectivity index (χ0) is 31.4. The summed E-state index contributed by atoms with van der Waals surface area (Å²) in [6.45, 7) is 3.67. The quantitative estimate of drug-likeness (QED) is 0.107. The van der Waals surface area contributed by atoms with Gasteiger partial charge in [0.15, 0.2) is 0 Å². The molecule has 0 unspecified atom stereocenters. The van der Waals surface area contributed by atoms with Gasteiger partial charge in [-0.3, -0.25) is 20.2 Å². The maximum Gasteiger partial charge on any atom is 0.339 e. The summed E-state index contributed by atoms with van der Waals surface area (Å²) in [5.74, 6) is -1.18. The van der Waals surface area contributed by atoms with Gasteiger partial charge in [-0.25, -0.2) is 9.59 Å². The van der Waals surface area contributed by atoms with E-state index in [1.807, 2.05) is 0 Å². The van der Waals surface area contributed by atoms with Crippen molar-refractivity contribution < 1.29 is 28.9 Å². The van der Waals surface area contributed by atoms with Gasteiger partial charge < -0.3 is 19.4 Å². The van der Waals surface area contributed by atoms with Crippen LogP contribution in [-0.4, -0.2) is 45.0 Å². The molecule has 0 aliphatic rings. The minimum Gasteiger partial charge on any atom is -0.462 e. The van der Waals surface area contributed by atoms with Crippen LogP contribution < -0.4 is 0 Å². The van der Waals surface area contributed by atoms with E-state index in [0.29, 0.717) is 20.4 Å². The van der Waals surface area contributed by atoms with Crippen molar-refractivity contribution in [1.82, 2.24) is 9.97 Å². The number of rotatable bonds is 6. The molecule has 0 amide bonds. The molecule has 0 saturated heterocycles. The van der Waals surface area contributed by atoms with Gasteiger partial charge in [0.05, 0.1) is 40.3 Å². The Morgan fingerprint density at radius 1 is 0.659 bits per heavy atom. The molecular weight excluding hydrogens is 608 g/mol. The molecule has 4 aromatic carbocycles. The van der Waals surface area contributed by atoms with Crippen molar-refractivity contribution in [2.24, 2.45) is 0 Å². The highest BCUT2D eigenvalue weighted by molar-refractivity contribution is 7.25. The number of non-ortho nitro benzene ring substituents is 2. The van der Waals surface area contributed by atoms with E-state index < -0.39 is 33.2 Å². The molecule has 44 heavy (non-hydrogen) atoms.